The van der Waals surface area contributed by atoms with Crippen LogP contribution >= 0.6 is 0 Å². The molecule has 0 unspecified atom stereocenters. The molecule has 100 valence electrons. The number of ether oxygens (including phenoxy) is 1. The number of nitrogens with zero attached hydrogens (tertiary/aromatic N) is 1. The van der Waals surface area contributed by atoms with E-state index in [2.05, 4.69) is 11.2 Å². The Morgan fingerprint density at radius 3 is 2.79 bits per heavy atom. The predicted octanol–water partition coefficient (Wildman–Crippen LogP) is 1.34. The van der Waals surface area contributed by atoms with Crippen molar-refractivity contribution in [3.05, 3.63) is 33.4 Å². The second-order valence-corrected chi connectivity index (χ2v) is 3.96. The summed E-state index contributed by atoms with van der Waals surface area (Å²) in [4.78, 5) is 21.7. The van der Waals surface area contributed by atoms with Crippen LogP contribution in [0.25, 0.3) is 0 Å². The van der Waals surface area contributed by atoms with Gasteiger partial charge in [0, 0.05) is 6.07 Å². The van der Waals surface area contributed by atoms with Gasteiger partial charge in [-0.05, 0) is 25.0 Å². The van der Waals surface area contributed by atoms with E-state index in [0.717, 1.165) is 5.56 Å². The minimum Gasteiger partial charge on any atom is -0.477 e. The first-order valence-electron chi connectivity index (χ1n) is 5.54. The highest BCUT2D eigenvalue weighted by Crippen LogP contribution is 2.31. The highest BCUT2D eigenvalue weighted by Gasteiger charge is 2.19. The molecule has 1 aromatic rings. The van der Waals surface area contributed by atoms with Crippen molar-refractivity contribution in [2.75, 3.05) is 13.2 Å². The Labute approximate surface area is 110 Å². The van der Waals surface area contributed by atoms with Crippen LogP contribution in [-0.4, -0.2) is 24.0 Å². The summed E-state index contributed by atoms with van der Waals surface area (Å²) in [6.45, 7) is 3.22. The zero-order valence-electron chi connectivity index (χ0n) is 10.7. The second kappa shape index (κ2) is 6.40. The largest absolute Gasteiger partial charge is 0.477 e. The molecule has 0 heterocycles. The average Bonchev–Trinajstić information content (AvgIpc) is 2.34. The molecule has 0 spiro atoms. The first-order chi connectivity index (χ1) is 8.95. The first-order valence-corrected chi connectivity index (χ1v) is 5.54. The Morgan fingerprint density at radius 1 is 1.53 bits per heavy atom. The van der Waals surface area contributed by atoms with Gasteiger partial charge in [-0.2, -0.15) is 0 Å². The SMILES string of the molecule is C#CCNC(=O)COc1c(C)cc(C)cc1[N+](=O)[O-]. The van der Waals surface area contributed by atoms with Crippen molar-refractivity contribution in [3.63, 3.8) is 0 Å². The summed E-state index contributed by atoms with van der Waals surface area (Å²) in [5.74, 6) is 1.93. The molecule has 0 saturated heterocycles. The number of aryl methyl sites for hydroxylation is 2. The number of nitro groups is 1. The van der Waals surface area contributed by atoms with Crippen LogP contribution in [0.2, 0.25) is 0 Å². The second-order valence-electron chi connectivity index (χ2n) is 3.96. The summed E-state index contributed by atoms with van der Waals surface area (Å²) in [6.07, 6.45) is 4.99. The Balaban J connectivity index is 2.86. The van der Waals surface area contributed by atoms with Gasteiger partial charge in [-0.25, -0.2) is 0 Å². The van der Waals surface area contributed by atoms with E-state index < -0.39 is 10.8 Å². The summed E-state index contributed by atoms with van der Waals surface area (Å²) in [5.41, 5.74) is 1.21. The number of terminal acetylenes is 1. The summed E-state index contributed by atoms with van der Waals surface area (Å²) in [7, 11) is 0. The van der Waals surface area contributed by atoms with Crippen molar-refractivity contribution in [1.82, 2.24) is 5.32 Å². The van der Waals surface area contributed by atoms with Gasteiger partial charge in [-0.3, -0.25) is 14.9 Å². The lowest BCUT2D eigenvalue weighted by Gasteiger charge is -2.10. The Bertz CT molecular complexity index is 546. The number of hydrogen-bond acceptors (Lipinski definition) is 4. The third kappa shape index (κ3) is 4.00. The number of nitro benzene ring substituents is 1. The quantitative estimate of drug-likeness (QED) is 0.493. The fourth-order valence-electron chi connectivity index (χ4n) is 1.59. The molecule has 19 heavy (non-hydrogen) atoms. The molecular weight excluding hydrogens is 248 g/mol. The maximum atomic E-state index is 11.3. The molecular formula is C13H14N2O4. The highest BCUT2D eigenvalue weighted by atomic mass is 16.6. The third-order valence-corrected chi connectivity index (χ3v) is 2.33. The third-order valence-electron chi connectivity index (χ3n) is 2.33. The lowest BCUT2D eigenvalue weighted by atomic mass is 10.1. The maximum absolute atomic E-state index is 11.3. The molecule has 0 aliphatic rings. The standard InChI is InChI=1S/C13H14N2O4/c1-4-5-14-12(16)8-19-13-10(3)6-9(2)7-11(13)15(17)18/h1,6-7H,5,8H2,2-3H3,(H,14,16). The van der Waals surface area contributed by atoms with E-state index in [1.807, 2.05) is 0 Å². The van der Waals surface area contributed by atoms with Gasteiger partial charge >= 0.3 is 5.69 Å². The monoisotopic (exact) mass is 262 g/mol. The van der Waals surface area contributed by atoms with Crippen LogP contribution in [0.4, 0.5) is 5.69 Å². The lowest BCUT2D eigenvalue weighted by Crippen LogP contribution is -2.29. The zero-order chi connectivity index (χ0) is 14.4. The minimum absolute atomic E-state index is 0.0944. The van der Waals surface area contributed by atoms with Crippen molar-refractivity contribution in [1.29, 1.82) is 0 Å². The Kier molecular flexibility index (Phi) is 4.89. The summed E-state index contributed by atoms with van der Waals surface area (Å²) in [5, 5.41) is 13.4. The fourth-order valence-corrected chi connectivity index (χ4v) is 1.59. The van der Waals surface area contributed by atoms with Crippen LogP contribution in [0.5, 0.6) is 5.75 Å². The topological polar surface area (TPSA) is 81.5 Å². The molecule has 1 amide bonds. The van der Waals surface area contributed by atoms with E-state index in [4.69, 9.17) is 11.2 Å². The molecule has 0 aliphatic heterocycles. The van der Waals surface area contributed by atoms with E-state index in [1.165, 1.54) is 6.07 Å². The van der Waals surface area contributed by atoms with Gasteiger partial charge in [0.15, 0.2) is 6.61 Å². The molecule has 0 radical (unpaired) electrons. The molecule has 0 aromatic heterocycles. The van der Waals surface area contributed by atoms with Crippen LogP contribution < -0.4 is 10.1 Å². The van der Waals surface area contributed by atoms with Crippen LogP contribution in [0, 0.1) is 36.3 Å². The van der Waals surface area contributed by atoms with Crippen molar-refractivity contribution >= 4 is 11.6 Å². The van der Waals surface area contributed by atoms with Gasteiger partial charge in [0.1, 0.15) is 0 Å². The maximum Gasteiger partial charge on any atom is 0.311 e. The predicted molar refractivity (Wildman–Crippen MR) is 69.9 cm³/mol. The number of carbonyl (C=O) groups is 1. The molecule has 6 nitrogen and oxygen atoms in total. The van der Waals surface area contributed by atoms with Crippen molar-refractivity contribution in [2.24, 2.45) is 0 Å². The van der Waals surface area contributed by atoms with E-state index in [1.54, 1.807) is 19.9 Å². The van der Waals surface area contributed by atoms with Crippen LogP contribution in [0.1, 0.15) is 11.1 Å². The number of hydrogen-bond donors (Lipinski definition) is 1. The van der Waals surface area contributed by atoms with E-state index in [-0.39, 0.29) is 24.6 Å². The highest BCUT2D eigenvalue weighted by molar-refractivity contribution is 5.78. The van der Waals surface area contributed by atoms with Crippen LogP contribution in [0.15, 0.2) is 12.1 Å². The van der Waals surface area contributed by atoms with Gasteiger partial charge in [0.25, 0.3) is 5.91 Å². The normalized spacial score (nSPS) is 9.53. The van der Waals surface area contributed by atoms with E-state index in [0.29, 0.717) is 5.56 Å². The Hall–Kier alpha value is -2.55. The molecule has 1 aromatic carbocycles. The van der Waals surface area contributed by atoms with Gasteiger partial charge in [-0.15, -0.1) is 6.42 Å². The number of nitrogens with one attached hydrogen (secondary N) is 1. The number of rotatable bonds is 5. The molecule has 1 N–H and O–H groups in total. The molecule has 0 fully saturated rings. The van der Waals surface area contributed by atoms with Crippen LogP contribution in [-0.2, 0) is 4.79 Å². The smallest absolute Gasteiger partial charge is 0.311 e. The van der Waals surface area contributed by atoms with Gasteiger partial charge in [-0.1, -0.05) is 12.0 Å². The van der Waals surface area contributed by atoms with Crippen molar-refractivity contribution in [3.8, 4) is 18.1 Å². The summed E-state index contributed by atoms with van der Waals surface area (Å²) < 4.78 is 5.22. The number of carbonyl (C=O) groups excluding carboxylic acids is 1. The summed E-state index contributed by atoms with van der Waals surface area (Å²) >= 11 is 0. The van der Waals surface area contributed by atoms with Crippen molar-refractivity contribution in [2.45, 2.75) is 13.8 Å². The molecule has 0 saturated carbocycles. The zero-order valence-corrected chi connectivity index (χ0v) is 10.7. The average molecular weight is 262 g/mol. The van der Waals surface area contributed by atoms with E-state index >= 15 is 0 Å². The molecule has 6 heteroatoms. The minimum atomic E-state index is -0.533. The molecule has 1 rings (SSSR count). The van der Waals surface area contributed by atoms with Crippen molar-refractivity contribution < 1.29 is 14.5 Å². The van der Waals surface area contributed by atoms with Crippen LogP contribution in [0.3, 0.4) is 0 Å². The number of benzene rings is 1. The van der Waals surface area contributed by atoms with E-state index in [9.17, 15) is 14.9 Å². The molecule has 0 bridgehead atoms. The van der Waals surface area contributed by atoms with Gasteiger partial charge < -0.3 is 10.1 Å². The molecule has 0 aliphatic carbocycles. The van der Waals surface area contributed by atoms with Gasteiger partial charge in [0.05, 0.1) is 11.5 Å². The van der Waals surface area contributed by atoms with Gasteiger partial charge in [0.2, 0.25) is 5.75 Å². The number of amides is 1. The first kappa shape index (κ1) is 14.5. The Morgan fingerprint density at radius 2 is 2.21 bits per heavy atom. The summed E-state index contributed by atoms with van der Waals surface area (Å²) in [6, 6.07) is 3.16. The fraction of sp³-hybridized carbons (Fsp3) is 0.308. The molecule has 0 atom stereocenters. The lowest BCUT2D eigenvalue weighted by molar-refractivity contribution is -0.385.